The van der Waals surface area contributed by atoms with Gasteiger partial charge >= 0.3 is 0 Å². The predicted octanol–water partition coefficient (Wildman–Crippen LogP) is 2.56. The summed E-state index contributed by atoms with van der Waals surface area (Å²) in [6, 6.07) is 14.3. The predicted molar refractivity (Wildman–Crippen MR) is 77.5 cm³/mol. The molecule has 3 N–H and O–H groups in total. The number of para-hydroxylation sites is 1. The number of nitrogens with two attached hydrogens (primary N) is 1. The molecule has 2 rings (SSSR count). The van der Waals surface area contributed by atoms with E-state index in [0.29, 0.717) is 17.7 Å². The van der Waals surface area contributed by atoms with E-state index in [9.17, 15) is 4.39 Å². The van der Waals surface area contributed by atoms with E-state index in [4.69, 9.17) is 10.9 Å². The first kappa shape index (κ1) is 13.9. The van der Waals surface area contributed by atoms with Crippen LogP contribution in [0.1, 0.15) is 11.1 Å². The number of oxime groups is 1. The molecule has 2 aromatic rings. The van der Waals surface area contributed by atoms with Crippen molar-refractivity contribution in [1.29, 1.82) is 0 Å². The number of anilines is 1. The lowest BCUT2D eigenvalue weighted by atomic mass is 10.1. The molecule has 5 heteroatoms. The third-order valence-corrected chi connectivity index (χ3v) is 3.06. The Morgan fingerprint density at radius 2 is 1.95 bits per heavy atom. The average Bonchev–Trinajstić information content (AvgIpc) is 2.49. The zero-order valence-electron chi connectivity index (χ0n) is 11.1. The fourth-order valence-corrected chi connectivity index (χ4v) is 1.92. The highest BCUT2D eigenvalue weighted by molar-refractivity contribution is 5.97. The SMILES string of the molecule is CN(Cc1ccc(/C(N)=N/O)cc1F)c1ccccc1. The molecule has 0 fully saturated rings. The van der Waals surface area contributed by atoms with Gasteiger partial charge in [-0.3, -0.25) is 0 Å². The Bertz CT molecular complexity index is 614. The van der Waals surface area contributed by atoms with E-state index in [2.05, 4.69) is 5.16 Å². The van der Waals surface area contributed by atoms with Crippen LogP contribution in [-0.4, -0.2) is 18.1 Å². The van der Waals surface area contributed by atoms with E-state index >= 15 is 0 Å². The zero-order chi connectivity index (χ0) is 14.5. The first-order chi connectivity index (χ1) is 9.61. The number of benzene rings is 2. The Kier molecular flexibility index (Phi) is 4.20. The van der Waals surface area contributed by atoms with Gasteiger partial charge in [0.2, 0.25) is 0 Å². The number of amidine groups is 1. The van der Waals surface area contributed by atoms with Gasteiger partial charge in [-0.25, -0.2) is 4.39 Å². The molecule has 0 atom stereocenters. The molecular weight excluding hydrogens is 257 g/mol. The lowest BCUT2D eigenvalue weighted by molar-refractivity contribution is 0.318. The Labute approximate surface area is 116 Å². The second-order valence-electron chi connectivity index (χ2n) is 4.48. The van der Waals surface area contributed by atoms with Gasteiger partial charge in [-0.15, -0.1) is 0 Å². The van der Waals surface area contributed by atoms with E-state index in [1.54, 1.807) is 12.1 Å². The van der Waals surface area contributed by atoms with Gasteiger partial charge in [-0.05, 0) is 18.2 Å². The molecule has 0 amide bonds. The molecule has 0 aliphatic heterocycles. The van der Waals surface area contributed by atoms with Crippen molar-refractivity contribution in [2.75, 3.05) is 11.9 Å². The summed E-state index contributed by atoms with van der Waals surface area (Å²) >= 11 is 0. The van der Waals surface area contributed by atoms with E-state index in [1.807, 2.05) is 42.3 Å². The summed E-state index contributed by atoms with van der Waals surface area (Å²) in [7, 11) is 1.90. The topological polar surface area (TPSA) is 61.8 Å². The Hall–Kier alpha value is -2.56. The molecule has 0 aliphatic carbocycles. The van der Waals surface area contributed by atoms with E-state index in [1.165, 1.54) is 6.07 Å². The van der Waals surface area contributed by atoms with E-state index < -0.39 is 0 Å². The summed E-state index contributed by atoms with van der Waals surface area (Å²) in [5, 5.41) is 11.4. The number of hydrogen-bond acceptors (Lipinski definition) is 3. The molecule has 2 aromatic carbocycles. The maximum atomic E-state index is 14.0. The van der Waals surface area contributed by atoms with Crippen LogP contribution in [-0.2, 0) is 6.54 Å². The lowest BCUT2D eigenvalue weighted by Gasteiger charge is -2.19. The van der Waals surface area contributed by atoms with Gasteiger partial charge < -0.3 is 15.8 Å². The maximum absolute atomic E-state index is 14.0. The van der Waals surface area contributed by atoms with Crippen LogP contribution in [0.15, 0.2) is 53.7 Å². The lowest BCUT2D eigenvalue weighted by Crippen LogP contribution is -2.18. The highest BCUT2D eigenvalue weighted by atomic mass is 19.1. The van der Waals surface area contributed by atoms with Gasteiger partial charge in [0, 0.05) is 30.4 Å². The molecule has 20 heavy (non-hydrogen) atoms. The molecule has 0 unspecified atom stereocenters. The minimum Gasteiger partial charge on any atom is -0.409 e. The van der Waals surface area contributed by atoms with Crippen LogP contribution in [0.4, 0.5) is 10.1 Å². The van der Waals surface area contributed by atoms with Crippen molar-refractivity contribution < 1.29 is 9.60 Å². The Morgan fingerprint density at radius 3 is 2.55 bits per heavy atom. The van der Waals surface area contributed by atoms with Crippen molar-refractivity contribution in [1.82, 2.24) is 0 Å². The third kappa shape index (κ3) is 3.06. The number of hydrogen-bond donors (Lipinski definition) is 2. The van der Waals surface area contributed by atoms with Crippen molar-refractivity contribution in [3.63, 3.8) is 0 Å². The zero-order valence-corrected chi connectivity index (χ0v) is 11.1. The number of nitrogens with zero attached hydrogens (tertiary/aromatic N) is 2. The van der Waals surface area contributed by atoms with Crippen LogP contribution >= 0.6 is 0 Å². The van der Waals surface area contributed by atoms with Crippen LogP contribution in [0.25, 0.3) is 0 Å². The Morgan fingerprint density at radius 1 is 1.25 bits per heavy atom. The van der Waals surface area contributed by atoms with Crippen molar-refractivity contribution in [3.8, 4) is 0 Å². The van der Waals surface area contributed by atoms with Crippen LogP contribution in [0, 0.1) is 5.82 Å². The van der Waals surface area contributed by atoms with Crippen LogP contribution in [0.5, 0.6) is 0 Å². The molecule has 0 radical (unpaired) electrons. The van der Waals surface area contributed by atoms with Crippen molar-refractivity contribution in [3.05, 3.63) is 65.5 Å². The second kappa shape index (κ2) is 6.06. The second-order valence-corrected chi connectivity index (χ2v) is 4.48. The van der Waals surface area contributed by atoms with Gasteiger partial charge in [0.25, 0.3) is 0 Å². The number of rotatable bonds is 4. The first-order valence-electron chi connectivity index (χ1n) is 6.14. The van der Waals surface area contributed by atoms with Gasteiger partial charge in [0.1, 0.15) is 5.82 Å². The standard InChI is InChI=1S/C15H16FN3O/c1-19(13-5-3-2-4-6-13)10-12-8-7-11(9-14(12)16)15(17)18-20/h2-9,20H,10H2,1H3,(H2,17,18). The van der Waals surface area contributed by atoms with Crippen molar-refractivity contribution in [2.24, 2.45) is 10.9 Å². The first-order valence-corrected chi connectivity index (χ1v) is 6.14. The molecule has 0 saturated carbocycles. The highest BCUT2D eigenvalue weighted by Gasteiger charge is 2.09. The average molecular weight is 273 g/mol. The summed E-state index contributed by atoms with van der Waals surface area (Å²) < 4.78 is 14.0. The summed E-state index contributed by atoms with van der Waals surface area (Å²) in [5.74, 6) is -0.483. The fraction of sp³-hybridized carbons (Fsp3) is 0.133. The smallest absolute Gasteiger partial charge is 0.170 e. The van der Waals surface area contributed by atoms with Crippen LogP contribution in [0.3, 0.4) is 0 Å². The summed E-state index contributed by atoms with van der Waals surface area (Å²) in [5.41, 5.74) is 7.34. The fourth-order valence-electron chi connectivity index (χ4n) is 1.92. The van der Waals surface area contributed by atoms with Gasteiger partial charge in [-0.1, -0.05) is 35.5 Å². The van der Waals surface area contributed by atoms with E-state index in [-0.39, 0.29) is 11.7 Å². The van der Waals surface area contributed by atoms with Crippen molar-refractivity contribution in [2.45, 2.75) is 6.54 Å². The summed E-state index contributed by atoms with van der Waals surface area (Å²) in [4.78, 5) is 1.95. The molecule has 0 bridgehead atoms. The third-order valence-electron chi connectivity index (χ3n) is 3.06. The van der Waals surface area contributed by atoms with Crippen LogP contribution < -0.4 is 10.6 Å². The molecule has 4 nitrogen and oxygen atoms in total. The molecule has 104 valence electrons. The summed E-state index contributed by atoms with van der Waals surface area (Å²) in [6.07, 6.45) is 0. The summed E-state index contributed by atoms with van der Waals surface area (Å²) in [6.45, 7) is 0.437. The maximum Gasteiger partial charge on any atom is 0.170 e. The molecule has 0 aliphatic rings. The normalized spacial score (nSPS) is 11.4. The number of halogens is 1. The molecule has 0 saturated heterocycles. The minimum absolute atomic E-state index is 0.105. The quantitative estimate of drug-likeness (QED) is 0.389. The monoisotopic (exact) mass is 273 g/mol. The van der Waals surface area contributed by atoms with E-state index in [0.717, 1.165) is 5.69 Å². The largest absolute Gasteiger partial charge is 0.409 e. The molecular formula is C15H16FN3O. The highest BCUT2D eigenvalue weighted by Crippen LogP contribution is 2.17. The minimum atomic E-state index is -0.378. The van der Waals surface area contributed by atoms with Crippen molar-refractivity contribution >= 4 is 11.5 Å². The van der Waals surface area contributed by atoms with Crippen LogP contribution in [0.2, 0.25) is 0 Å². The van der Waals surface area contributed by atoms with Gasteiger partial charge in [0.15, 0.2) is 5.84 Å². The molecule has 0 spiro atoms. The van der Waals surface area contributed by atoms with Gasteiger partial charge in [-0.2, -0.15) is 0 Å². The molecule has 0 heterocycles. The van der Waals surface area contributed by atoms with Gasteiger partial charge in [0.05, 0.1) is 0 Å². The molecule has 0 aromatic heterocycles. The Balaban J connectivity index is 2.18.